The molecular formula is C24H26N2O3S2. The van der Waals surface area contributed by atoms with E-state index in [1.165, 1.54) is 6.07 Å². The van der Waals surface area contributed by atoms with Crippen LogP contribution in [0.3, 0.4) is 0 Å². The molecule has 0 fully saturated rings. The highest BCUT2D eigenvalue weighted by Crippen LogP contribution is 2.28. The molecule has 1 amide bonds. The Balaban J connectivity index is 1.88. The number of thioether (sulfide) groups is 1. The van der Waals surface area contributed by atoms with Crippen molar-refractivity contribution in [3.63, 3.8) is 0 Å². The molecule has 0 spiro atoms. The zero-order valence-corrected chi connectivity index (χ0v) is 19.7. The Labute approximate surface area is 188 Å². The number of sulfonamides is 1. The van der Waals surface area contributed by atoms with Crippen LogP contribution in [-0.4, -0.2) is 20.1 Å². The van der Waals surface area contributed by atoms with Gasteiger partial charge < -0.3 is 5.32 Å². The molecule has 0 aliphatic rings. The maximum Gasteiger partial charge on any atom is 0.262 e. The maximum atomic E-state index is 13.0. The fraction of sp³-hybridized carbons (Fsp3) is 0.208. The number of anilines is 2. The second-order valence-corrected chi connectivity index (χ2v) is 10.2. The minimum Gasteiger partial charge on any atom is -0.321 e. The third kappa shape index (κ3) is 5.48. The summed E-state index contributed by atoms with van der Waals surface area (Å²) in [4.78, 5) is 13.9. The van der Waals surface area contributed by atoms with Gasteiger partial charge in [0.2, 0.25) is 0 Å². The summed E-state index contributed by atoms with van der Waals surface area (Å²) >= 11 is 1.63. The van der Waals surface area contributed by atoms with E-state index in [1.807, 2.05) is 51.1 Å². The van der Waals surface area contributed by atoms with Gasteiger partial charge in [-0.15, -0.1) is 11.8 Å². The van der Waals surface area contributed by atoms with Gasteiger partial charge in [0, 0.05) is 16.1 Å². The topological polar surface area (TPSA) is 75.3 Å². The lowest BCUT2D eigenvalue weighted by Crippen LogP contribution is -2.17. The van der Waals surface area contributed by atoms with E-state index in [1.54, 1.807) is 43.0 Å². The highest BCUT2D eigenvalue weighted by molar-refractivity contribution is 7.99. The van der Waals surface area contributed by atoms with Gasteiger partial charge in [0.1, 0.15) is 0 Å². The van der Waals surface area contributed by atoms with E-state index in [9.17, 15) is 13.2 Å². The number of carbonyl (C=O) groups excluding carboxylic acids is 1. The van der Waals surface area contributed by atoms with Gasteiger partial charge >= 0.3 is 0 Å². The van der Waals surface area contributed by atoms with Crippen molar-refractivity contribution in [2.45, 2.75) is 37.5 Å². The first-order valence-electron chi connectivity index (χ1n) is 9.95. The van der Waals surface area contributed by atoms with E-state index in [0.29, 0.717) is 16.9 Å². The lowest BCUT2D eigenvalue weighted by molar-refractivity contribution is 0.102. The van der Waals surface area contributed by atoms with E-state index in [-0.39, 0.29) is 16.4 Å². The molecule has 5 nitrogen and oxygen atoms in total. The number of hydrogen-bond donors (Lipinski definition) is 2. The molecule has 0 radical (unpaired) electrons. The highest BCUT2D eigenvalue weighted by atomic mass is 32.2. The number of rotatable bonds is 7. The van der Waals surface area contributed by atoms with Crippen molar-refractivity contribution >= 4 is 39.1 Å². The van der Waals surface area contributed by atoms with Crippen LogP contribution in [0.15, 0.2) is 70.5 Å². The van der Waals surface area contributed by atoms with Crippen molar-refractivity contribution in [3.8, 4) is 0 Å². The molecule has 3 aromatic carbocycles. The largest absolute Gasteiger partial charge is 0.321 e. The van der Waals surface area contributed by atoms with Crippen LogP contribution < -0.4 is 10.0 Å². The number of nitrogens with one attached hydrogen (secondary N) is 2. The number of aryl methyl sites for hydroxylation is 3. The predicted molar refractivity (Wildman–Crippen MR) is 129 cm³/mol. The predicted octanol–water partition coefficient (Wildman–Crippen LogP) is 5.78. The first-order valence-corrected chi connectivity index (χ1v) is 12.4. The summed E-state index contributed by atoms with van der Waals surface area (Å²) in [5, 5.41) is 2.90. The molecule has 0 aliphatic carbocycles. The van der Waals surface area contributed by atoms with Crippen molar-refractivity contribution in [1.82, 2.24) is 0 Å². The van der Waals surface area contributed by atoms with Crippen molar-refractivity contribution in [3.05, 3.63) is 82.9 Å². The van der Waals surface area contributed by atoms with Gasteiger partial charge in [0.15, 0.2) is 0 Å². The summed E-state index contributed by atoms with van der Waals surface area (Å²) in [5.74, 6) is 0.524. The smallest absolute Gasteiger partial charge is 0.262 e. The van der Waals surface area contributed by atoms with Crippen LogP contribution in [0.1, 0.15) is 34.0 Å². The summed E-state index contributed by atoms with van der Waals surface area (Å²) in [6.45, 7) is 7.65. The van der Waals surface area contributed by atoms with Gasteiger partial charge in [-0.25, -0.2) is 8.42 Å². The first kappa shape index (κ1) is 22.9. The minimum atomic E-state index is -3.85. The SMILES string of the molecule is CCSc1ccccc1NC(=O)c1ccc(C)c(S(=O)(=O)Nc2ccc(C)c(C)c2)c1. The molecule has 2 N–H and O–H groups in total. The Morgan fingerprint density at radius 2 is 1.61 bits per heavy atom. The molecule has 3 aromatic rings. The van der Waals surface area contributed by atoms with Gasteiger partial charge in [-0.2, -0.15) is 0 Å². The van der Waals surface area contributed by atoms with Gasteiger partial charge in [-0.05, 0) is 79.6 Å². The Morgan fingerprint density at radius 3 is 2.32 bits per heavy atom. The average molecular weight is 455 g/mol. The van der Waals surface area contributed by atoms with E-state index < -0.39 is 10.0 Å². The molecule has 0 atom stereocenters. The molecule has 3 rings (SSSR count). The van der Waals surface area contributed by atoms with Crippen LogP contribution in [0.2, 0.25) is 0 Å². The summed E-state index contributed by atoms with van der Waals surface area (Å²) in [7, 11) is -3.85. The molecule has 0 aromatic heterocycles. The second-order valence-electron chi connectivity index (χ2n) is 7.27. The monoisotopic (exact) mass is 454 g/mol. The molecule has 0 saturated heterocycles. The van der Waals surface area contributed by atoms with Gasteiger partial charge in [0.05, 0.1) is 10.6 Å². The standard InChI is InChI=1S/C24H26N2O3S2/c1-5-30-22-9-7-6-8-21(22)25-24(27)19-12-10-17(3)23(15-19)31(28,29)26-20-13-11-16(2)18(4)14-20/h6-15,26H,5H2,1-4H3,(H,25,27). The zero-order chi connectivity index (χ0) is 22.6. The lowest BCUT2D eigenvalue weighted by atomic mass is 10.1. The fourth-order valence-electron chi connectivity index (χ4n) is 3.09. The average Bonchev–Trinajstić information content (AvgIpc) is 2.72. The normalized spacial score (nSPS) is 11.2. The Hall–Kier alpha value is -2.77. The number of benzene rings is 3. The van der Waals surface area contributed by atoms with Gasteiger partial charge in [0.25, 0.3) is 15.9 Å². The van der Waals surface area contributed by atoms with E-state index >= 15 is 0 Å². The zero-order valence-electron chi connectivity index (χ0n) is 18.0. The van der Waals surface area contributed by atoms with Gasteiger partial charge in [-0.3, -0.25) is 9.52 Å². The van der Waals surface area contributed by atoms with Crippen molar-refractivity contribution < 1.29 is 13.2 Å². The Morgan fingerprint density at radius 1 is 0.903 bits per heavy atom. The Bertz CT molecular complexity index is 1220. The fourth-order valence-corrected chi connectivity index (χ4v) is 5.17. The second kappa shape index (κ2) is 9.58. The molecule has 0 saturated carbocycles. The maximum absolute atomic E-state index is 13.0. The Kier molecular flexibility index (Phi) is 7.08. The van der Waals surface area contributed by atoms with Crippen LogP contribution in [0.25, 0.3) is 0 Å². The number of amides is 1. The number of para-hydroxylation sites is 1. The number of hydrogen-bond acceptors (Lipinski definition) is 4. The quantitative estimate of drug-likeness (QED) is 0.444. The van der Waals surface area contributed by atoms with Crippen molar-refractivity contribution in [2.75, 3.05) is 15.8 Å². The summed E-state index contributed by atoms with van der Waals surface area (Å²) in [5.41, 5.74) is 4.12. The molecular weight excluding hydrogens is 428 g/mol. The molecule has 0 aliphatic heterocycles. The van der Waals surface area contributed by atoms with Gasteiger partial charge in [-0.1, -0.05) is 31.2 Å². The third-order valence-electron chi connectivity index (χ3n) is 4.93. The molecule has 0 heterocycles. The first-order chi connectivity index (χ1) is 14.7. The lowest BCUT2D eigenvalue weighted by Gasteiger charge is -2.14. The summed E-state index contributed by atoms with van der Waals surface area (Å²) in [6, 6.07) is 17.7. The van der Waals surface area contributed by atoms with Crippen molar-refractivity contribution in [1.29, 1.82) is 0 Å². The molecule has 7 heteroatoms. The van der Waals surface area contributed by atoms with Crippen LogP contribution in [0.5, 0.6) is 0 Å². The van der Waals surface area contributed by atoms with Crippen LogP contribution in [0, 0.1) is 20.8 Å². The summed E-state index contributed by atoms with van der Waals surface area (Å²) in [6.07, 6.45) is 0. The van der Waals surface area contributed by atoms with E-state index in [0.717, 1.165) is 21.8 Å². The summed E-state index contributed by atoms with van der Waals surface area (Å²) < 4.78 is 28.7. The highest BCUT2D eigenvalue weighted by Gasteiger charge is 2.20. The molecule has 0 unspecified atom stereocenters. The minimum absolute atomic E-state index is 0.0783. The molecule has 31 heavy (non-hydrogen) atoms. The van der Waals surface area contributed by atoms with Crippen molar-refractivity contribution in [2.24, 2.45) is 0 Å². The van der Waals surface area contributed by atoms with Crippen LogP contribution >= 0.6 is 11.8 Å². The molecule has 162 valence electrons. The van der Waals surface area contributed by atoms with Crippen LogP contribution in [0.4, 0.5) is 11.4 Å². The number of carbonyl (C=O) groups is 1. The van der Waals surface area contributed by atoms with Crippen LogP contribution in [-0.2, 0) is 10.0 Å². The van der Waals surface area contributed by atoms with E-state index in [2.05, 4.69) is 10.0 Å². The third-order valence-corrected chi connectivity index (χ3v) is 7.41. The molecule has 0 bridgehead atoms. The van der Waals surface area contributed by atoms with E-state index in [4.69, 9.17) is 0 Å².